The Labute approximate surface area is 87.1 Å². The molecule has 3 heteroatoms. The van der Waals surface area contributed by atoms with E-state index in [1.165, 1.54) is 0 Å². The Morgan fingerprint density at radius 3 is 2.40 bits per heavy atom. The van der Waals surface area contributed by atoms with Gasteiger partial charge < -0.3 is 5.11 Å². The number of halogens is 2. The van der Waals surface area contributed by atoms with Gasteiger partial charge in [0.15, 0.2) is 0 Å². The number of benzene rings is 1. The van der Waals surface area contributed by atoms with Crippen LogP contribution in [0.1, 0.15) is 5.56 Å². The predicted octanol–water partition coefficient (Wildman–Crippen LogP) is 2.78. The van der Waals surface area contributed by atoms with Crippen molar-refractivity contribution in [2.45, 2.75) is 0 Å². The van der Waals surface area contributed by atoms with Gasteiger partial charge in [-0.3, -0.25) is 0 Å². The van der Waals surface area contributed by atoms with Crippen molar-refractivity contribution < 1.29 is 5.11 Å². The van der Waals surface area contributed by atoms with E-state index in [4.69, 9.17) is 0 Å². The molecule has 0 bridgehead atoms. The molecule has 0 atom stereocenters. The fourth-order valence-corrected chi connectivity index (χ4v) is 1.54. The van der Waals surface area contributed by atoms with Gasteiger partial charge in [-0.1, -0.05) is 6.07 Å². The Morgan fingerprint density at radius 2 is 1.90 bits per heavy atom. The highest BCUT2D eigenvalue weighted by molar-refractivity contribution is 14.1. The molecule has 0 unspecified atom stereocenters. The van der Waals surface area contributed by atoms with Crippen LogP contribution < -0.4 is 0 Å². The van der Waals surface area contributed by atoms with Crippen molar-refractivity contribution in [1.29, 1.82) is 0 Å². The molecule has 0 aliphatic carbocycles. The van der Waals surface area contributed by atoms with Gasteiger partial charge in [-0.25, -0.2) is 0 Å². The van der Waals surface area contributed by atoms with E-state index in [2.05, 4.69) is 52.1 Å². The highest BCUT2D eigenvalue weighted by atomic mass is 127. The van der Waals surface area contributed by atoms with Crippen molar-refractivity contribution >= 4 is 45.2 Å². The smallest absolute Gasteiger partial charge is 0.133 e. The summed E-state index contributed by atoms with van der Waals surface area (Å²) in [7, 11) is 0. The predicted molar refractivity (Wildman–Crippen MR) is 58.0 cm³/mol. The van der Waals surface area contributed by atoms with Gasteiger partial charge in [-0.2, -0.15) is 0 Å². The molecule has 0 aromatic heterocycles. The lowest BCUT2D eigenvalue weighted by molar-refractivity contribution is 0.468. The molecule has 0 saturated carbocycles. The Morgan fingerprint density at radius 1 is 1.30 bits per heavy atom. The second-order valence-electron chi connectivity index (χ2n) is 1.87. The summed E-state index contributed by atoms with van der Waals surface area (Å²) >= 11 is 4.27. The second kappa shape index (κ2) is 3.25. The van der Waals surface area contributed by atoms with Crippen LogP contribution in [0.4, 0.5) is 0 Å². The summed E-state index contributed by atoms with van der Waals surface area (Å²) in [5, 5.41) is 9.31. The van der Waals surface area contributed by atoms with Crippen LogP contribution in [0.3, 0.4) is 0 Å². The van der Waals surface area contributed by atoms with Crippen LogP contribution in [0.5, 0.6) is 5.75 Å². The monoisotopic (exact) mass is 359 g/mol. The van der Waals surface area contributed by atoms with Crippen LogP contribution >= 0.6 is 45.2 Å². The highest BCUT2D eigenvalue weighted by Crippen LogP contribution is 2.27. The molecule has 53 valence electrons. The summed E-state index contributed by atoms with van der Waals surface area (Å²) in [6, 6.07) is 3.74. The third kappa shape index (κ3) is 1.55. The zero-order valence-electron chi connectivity index (χ0n) is 5.06. The van der Waals surface area contributed by atoms with Gasteiger partial charge in [0.1, 0.15) is 5.75 Å². The van der Waals surface area contributed by atoms with E-state index in [0.717, 1.165) is 7.14 Å². The number of rotatable bonds is 0. The minimum absolute atomic E-state index is 0.299. The van der Waals surface area contributed by atoms with Crippen molar-refractivity contribution in [3.05, 3.63) is 31.8 Å². The SMILES string of the molecule is [CH2]c1ccc(I)c(I)c1O. The van der Waals surface area contributed by atoms with Gasteiger partial charge in [0.05, 0.1) is 3.57 Å². The molecule has 0 spiro atoms. The van der Waals surface area contributed by atoms with Crippen LogP contribution in [0, 0.1) is 14.1 Å². The highest BCUT2D eigenvalue weighted by Gasteiger charge is 2.03. The zero-order valence-corrected chi connectivity index (χ0v) is 9.38. The summed E-state index contributed by atoms with van der Waals surface area (Å²) in [5.41, 5.74) is 0.685. The Bertz CT molecular complexity index is 231. The molecule has 1 radical (unpaired) electrons. The van der Waals surface area contributed by atoms with E-state index in [1.807, 2.05) is 6.07 Å². The lowest BCUT2D eigenvalue weighted by atomic mass is 10.2. The van der Waals surface area contributed by atoms with Crippen LogP contribution in [-0.4, -0.2) is 5.11 Å². The number of aromatic hydroxyl groups is 1. The topological polar surface area (TPSA) is 20.2 Å². The summed E-state index contributed by atoms with van der Waals surface area (Å²) in [4.78, 5) is 0. The largest absolute Gasteiger partial charge is 0.507 e. The summed E-state index contributed by atoms with van der Waals surface area (Å²) < 4.78 is 1.94. The molecule has 0 amide bonds. The fraction of sp³-hybridized carbons (Fsp3) is 0. The number of hydrogen-bond donors (Lipinski definition) is 1. The maximum absolute atomic E-state index is 9.31. The molecular formula is C7H5I2O. The average Bonchev–Trinajstić information content (AvgIpc) is 1.93. The van der Waals surface area contributed by atoms with Crippen LogP contribution in [0.2, 0.25) is 0 Å². The fourth-order valence-electron chi connectivity index (χ4n) is 0.580. The molecule has 0 aliphatic heterocycles. The standard InChI is InChI=1S/C7H5I2O/c1-4-2-3-5(8)6(9)7(4)10/h2-3,10H,1H2. The van der Waals surface area contributed by atoms with Crippen LogP contribution in [0.15, 0.2) is 12.1 Å². The summed E-state index contributed by atoms with van der Waals surface area (Å²) in [5.74, 6) is 0.299. The Kier molecular flexibility index (Phi) is 2.79. The maximum atomic E-state index is 9.31. The molecule has 0 saturated heterocycles. The lowest BCUT2D eigenvalue weighted by Crippen LogP contribution is -1.82. The molecule has 0 aliphatic rings. The number of hydrogen-bond acceptors (Lipinski definition) is 1. The zero-order chi connectivity index (χ0) is 7.72. The Balaban J connectivity index is 3.34. The quantitative estimate of drug-likeness (QED) is 0.707. The first-order valence-electron chi connectivity index (χ1n) is 2.62. The van der Waals surface area contributed by atoms with Gasteiger partial charge in [0.2, 0.25) is 0 Å². The maximum Gasteiger partial charge on any atom is 0.133 e. The van der Waals surface area contributed by atoms with E-state index in [-0.39, 0.29) is 0 Å². The molecule has 0 heterocycles. The molecule has 1 aromatic carbocycles. The van der Waals surface area contributed by atoms with Gasteiger partial charge in [-0.05, 0) is 63.7 Å². The van der Waals surface area contributed by atoms with Gasteiger partial charge in [0, 0.05) is 3.57 Å². The molecule has 1 aromatic rings. The molecule has 1 N–H and O–H groups in total. The van der Waals surface area contributed by atoms with E-state index in [0.29, 0.717) is 11.3 Å². The van der Waals surface area contributed by atoms with E-state index in [1.54, 1.807) is 6.07 Å². The van der Waals surface area contributed by atoms with Crippen molar-refractivity contribution in [1.82, 2.24) is 0 Å². The first kappa shape index (κ1) is 8.58. The number of phenols is 1. The minimum Gasteiger partial charge on any atom is -0.507 e. The van der Waals surface area contributed by atoms with E-state index < -0.39 is 0 Å². The minimum atomic E-state index is 0.299. The molecule has 10 heavy (non-hydrogen) atoms. The van der Waals surface area contributed by atoms with Gasteiger partial charge in [-0.15, -0.1) is 0 Å². The third-order valence-corrected chi connectivity index (χ3v) is 4.18. The third-order valence-electron chi connectivity index (χ3n) is 1.15. The van der Waals surface area contributed by atoms with Crippen molar-refractivity contribution in [3.8, 4) is 5.75 Å². The summed E-state index contributed by atoms with van der Waals surface area (Å²) in [6.45, 7) is 3.66. The average molecular weight is 359 g/mol. The van der Waals surface area contributed by atoms with Crippen molar-refractivity contribution in [2.75, 3.05) is 0 Å². The number of phenolic OH excluding ortho intramolecular Hbond substituents is 1. The van der Waals surface area contributed by atoms with Crippen LogP contribution in [-0.2, 0) is 0 Å². The molecule has 1 rings (SSSR count). The van der Waals surface area contributed by atoms with E-state index in [9.17, 15) is 5.11 Å². The lowest BCUT2D eigenvalue weighted by Gasteiger charge is -2.01. The van der Waals surface area contributed by atoms with Gasteiger partial charge in [0.25, 0.3) is 0 Å². The Hall–Kier alpha value is 0.480. The first-order valence-corrected chi connectivity index (χ1v) is 4.77. The normalized spacial score (nSPS) is 9.90. The van der Waals surface area contributed by atoms with E-state index >= 15 is 0 Å². The van der Waals surface area contributed by atoms with Crippen molar-refractivity contribution in [3.63, 3.8) is 0 Å². The molecular weight excluding hydrogens is 354 g/mol. The summed E-state index contributed by atoms with van der Waals surface area (Å²) in [6.07, 6.45) is 0. The van der Waals surface area contributed by atoms with Gasteiger partial charge >= 0.3 is 0 Å². The van der Waals surface area contributed by atoms with Crippen LogP contribution in [0.25, 0.3) is 0 Å². The molecule has 1 nitrogen and oxygen atoms in total. The first-order chi connectivity index (χ1) is 4.63. The van der Waals surface area contributed by atoms with Crippen molar-refractivity contribution in [2.24, 2.45) is 0 Å². The second-order valence-corrected chi connectivity index (χ2v) is 4.11. The molecule has 0 fully saturated rings.